The first-order chi connectivity index (χ1) is 8.70. The fourth-order valence-corrected chi connectivity index (χ4v) is 3.02. The van der Waals surface area contributed by atoms with Crippen LogP contribution in [-0.4, -0.2) is 15.9 Å². The van der Waals surface area contributed by atoms with Gasteiger partial charge in [0.2, 0.25) is 5.91 Å². The molecule has 0 saturated carbocycles. The quantitative estimate of drug-likeness (QED) is 0.716. The maximum Gasteiger partial charge on any atom is 0.249 e. The fraction of sp³-hybridized carbons (Fsp3) is 0.400. The van der Waals surface area contributed by atoms with E-state index in [1.165, 1.54) is 23.1 Å². The van der Waals surface area contributed by atoms with E-state index < -0.39 is 5.38 Å². The minimum Gasteiger partial charge on any atom is -0.283 e. The van der Waals surface area contributed by atoms with Gasteiger partial charge in [-0.2, -0.15) is 0 Å². The van der Waals surface area contributed by atoms with Gasteiger partial charge in [-0.25, -0.2) is 0 Å². The van der Waals surface area contributed by atoms with Gasteiger partial charge in [-0.15, -0.1) is 11.6 Å². The predicted octanol–water partition coefficient (Wildman–Crippen LogP) is 3.79. The molecule has 0 spiro atoms. The van der Waals surface area contributed by atoms with Gasteiger partial charge in [0.15, 0.2) is 0 Å². The lowest BCUT2D eigenvalue weighted by Crippen LogP contribution is -2.22. The molecule has 1 aliphatic rings. The first kappa shape index (κ1) is 11.8. The second-order valence-corrected chi connectivity index (χ2v) is 5.59. The van der Waals surface area contributed by atoms with Crippen LogP contribution in [0.15, 0.2) is 24.3 Å². The highest BCUT2D eigenvalue weighted by atomic mass is 35.5. The number of hydrogen-bond acceptors (Lipinski definition) is 1. The van der Waals surface area contributed by atoms with Crippen molar-refractivity contribution in [3.63, 3.8) is 0 Å². The van der Waals surface area contributed by atoms with Crippen molar-refractivity contribution in [2.75, 3.05) is 0 Å². The fourth-order valence-electron chi connectivity index (χ4n) is 2.93. The number of alkyl halides is 1. The molecule has 0 aliphatic heterocycles. The summed E-state index contributed by atoms with van der Waals surface area (Å²) in [5, 5.41) is 0.740. The van der Waals surface area contributed by atoms with Crippen molar-refractivity contribution in [1.82, 2.24) is 4.57 Å². The zero-order valence-electron chi connectivity index (χ0n) is 10.4. The molecule has 2 nitrogen and oxygen atoms in total. The summed E-state index contributed by atoms with van der Waals surface area (Å²) in [5.74, 6) is -0.00369. The topological polar surface area (TPSA) is 22.0 Å². The van der Waals surface area contributed by atoms with E-state index in [9.17, 15) is 4.79 Å². The highest BCUT2D eigenvalue weighted by Crippen LogP contribution is 2.32. The van der Waals surface area contributed by atoms with Crippen molar-refractivity contribution in [1.29, 1.82) is 0 Å². The minimum absolute atomic E-state index is 0.00369. The van der Waals surface area contributed by atoms with Gasteiger partial charge in [0.25, 0.3) is 0 Å². The summed E-state index contributed by atoms with van der Waals surface area (Å²) in [6, 6.07) is 8.15. The van der Waals surface area contributed by atoms with Crippen molar-refractivity contribution in [2.24, 2.45) is 0 Å². The third-order valence-electron chi connectivity index (χ3n) is 3.74. The molecule has 1 atom stereocenters. The van der Waals surface area contributed by atoms with E-state index >= 15 is 0 Å². The van der Waals surface area contributed by atoms with E-state index in [1.54, 1.807) is 6.92 Å². The van der Waals surface area contributed by atoms with Gasteiger partial charge in [-0.05, 0) is 44.2 Å². The van der Waals surface area contributed by atoms with Crippen molar-refractivity contribution in [2.45, 2.75) is 38.0 Å². The van der Waals surface area contributed by atoms with Crippen molar-refractivity contribution >= 4 is 28.4 Å². The molecule has 0 N–H and O–H groups in total. The van der Waals surface area contributed by atoms with E-state index in [0.29, 0.717) is 0 Å². The van der Waals surface area contributed by atoms with Crippen LogP contribution in [0, 0.1) is 0 Å². The lowest BCUT2D eigenvalue weighted by atomic mass is 9.95. The molecule has 0 unspecified atom stereocenters. The summed E-state index contributed by atoms with van der Waals surface area (Å²) < 4.78 is 1.85. The van der Waals surface area contributed by atoms with Crippen molar-refractivity contribution in [3.8, 4) is 0 Å². The Morgan fingerprint density at radius 2 is 2.00 bits per heavy atom. The van der Waals surface area contributed by atoms with Crippen molar-refractivity contribution in [3.05, 3.63) is 35.5 Å². The molecular weight excluding hydrogens is 246 g/mol. The van der Waals surface area contributed by atoms with Crippen LogP contribution in [0.4, 0.5) is 0 Å². The Bertz CT molecular complexity index is 612. The van der Waals surface area contributed by atoms with E-state index in [0.717, 1.165) is 24.8 Å². The highest BCUT2D eigenvalue weighted by Gasteiger charge is 2.24. The largest absolute Gasteiger partial charge is 0.283 e. The normalized spacial score (nSPS) is 16.6. The molecule has 94 valence electrons. The van der Waals surface area contributed by atoms with Gasteiger partial charge in [0.1, 0.15) is 5.38 Å². The van der Waals surface area contributed by atoms with E-state index in [4.69, 9.17) is 11.6 Å². The van der Waals surface area contributed by atoms with Crippen LogP contribution in [0.2, 0.25) is 0 Å². The molecule has 3 rings (SSSR count). The Morgan fingerprint density at radius 1 is 1.28 bits per heavy atom. The maximum atomic E-state index is 12.3. The number of nitrogens with zero attached hydrogens (tertiary/aromatic N) is 1. The Morgan fingerprint density at radius 3 is 2.78 bits per heavy atom. The summed E-state index contributed by atoms with van der Waals surface area (Å²) in [7, 11) is 0. The number of aromatic nitrogens is 1. The zero-order chi connectivity index (χ0) is 12.7. The number of hydrogen-bond donors (Lipinski definition) is 0. The van der Waals surface area contributed by atoms with E-state index in [2.05, 4.69) is 6.07 Å². The monoisotopic (exact) mass is 261 g/mol. The number of carbonyl (C=O) groups is 1. The Labute approximate surface area is 112 Å². The third-order valence-corrected chi connectivity index (χ3v) is 3.93. The average Bonchev–Trinajstić information content (AvgIpc) is 2.72. The molecule has 0 amide bonds. The van der Waals surface area contributed by atoms with Crippen LogP contribution < -0.4 is 0 Å². The van der Waals surface area contributed by atoms with Crippen LogP contribution in [-0.2, 0) is 12.8 Å². The highest BCUT2D eigenvalue weighted by molar-refractivity contribution is 6.31. The smallest absolute Gasteiger partial charge is 0.249 e. The molecule has 0 bridgehead atoms. The van der Waals surface area contributed by atoms with Gasteiger partial charge >= 0.3 is 0 Å². The van der Waals surface area contributed by atoms with Crippen LogP contribution in [0.1, 0.15) is 35.8 Å². The molecule has 18 heavy (non-hydrogen) atoms. The van der Waals surface area contributed by atoms with Crippen LogP contribution in [0.3, 0.4) is 0 Å². The SMILES string of the molecule is C[C@@H](Cl)C(=O)n1c2c(c3ccccc31)CCCC2. The molecule has 1 aromatic carbocycles. The molecular formula is C15H16ClNO. The zero-order valence-corrected chi connectivity index (χ0v) is 11.2. The molecule has 0 radical (unpaired) electrons. The number of benzene rings is 1. The number of aryl methyl sites for hydroxylation is 1. The summed E-state index contributed by atoms with van der Waals surface area (Å²) in [5.41, 5.74) is 3.55. The molecule has 3 heteroatoms. The van der Waals surface area contributed by atoms with Crippen LogP contribution in [0.5, 0.6) is 0 Å². The molecule has 1 aromatic heterocycles. The third kappa shape index (κ3) is 1.67. The molecule has 0 saturated heterocycles. The number of para-hydroxylation sites is 1. The predicted molar refractivity (Wildman–Crippen MR) is 74.5 cm³/mol. The lowest BCUT2D eigenvalue weighted by Gasteiger charge is -2.15. The standard InChI is InChI=1S/C15H16ClNO/c1-10(16)15(18)17-13-8-4-2-6-11(13)12-7-3-5-9-14(12)17/h2,4,6,8,10H,3,5,7,9H2,1H3/t10-/m1/s1. The lowest BCUT2D eigenvalue weighted by molar-refractivity contribution is 0.0914. The van der Waals surface area contributed by atoms with Crippen LogP contribution >= 0.6 is 11.6 Å². The van der Waals surface area contributed by atoms with Crippen LogP contribution in [0.25, 0.3) is 10.9 Å². The first-order valence-corrected chi connectivity index (χ1v) is 6.93. The second kappa shape index (κ2) is 4.43. The van der Waals surface area contributed by atoms with Gasteiger partial charge in [0.05, 0.1) is 5.52 Å². The summed E-state index contributed by atoms with van der Waals surface area (Å²) in [6.45, 7) is 1.74. The number of fused-ring (bicyclic) bond motifs is 3. The van der Waals surface area contributed by atoms with Gasteiger partial charge in [-0.3, -0.25) is 9.36 Å². The van der Waals surface area contributed by atoms with E-state index in [-0.39, 0.29) is 5.91 Å². The Balaban J connectivity index is 2.32. The van der Waals surface area contributed by atoms with Gasteiger partial charge in [0, 0.05) is 11.1 Å². The number of rotatable bonds is 1. The Hall–Kier alpha value is -1.28. The molecule has 0 fully saturated rings. The van der Waals surface area contributed by atoms with Gasteiger partial charge in [-0.1, -0.05) is 18.2 Å². The molecule has 1 heterocycles. The summed E-state index contributed by atoms with van der Waals surface area (Å²) in [4.78, 5) is 12.3. The van der Waals surface area contributed by atoms with Gasteiger partial charge < -0.3 is 0 Å². The van der Waals surface area contributed by atoms with Crippen molar-refractivity contribution < 1.29 is 4.79 Å². The summed E-state index contributed by atoms with van der Waals surface area (Å²) >= 11 is 5.99. The average molecular weight is 262 g/mol. The number of carbonyl (C=O) groups excluding carboxylic acids is 1. The second-order valence-electron chi connectivity index (χ2n) is 4.94. The minimum atomic E-state index is -0.480. The molecule has 1 aliphatic carbocycles. The first-order valence-electron chi connectivity index (χ1n) is 6.49. The van der Waals surface area contributed by atoms with E-state index in [1.807, 2.05) is 22.8 Å². The molecule has 2 aromatic rings. The maximum absolute atomic E-state index is 12.3. The summed E-state index contributed by atoms with van der Waals surface area (Å²) in [6.07, 6.45) is 4.44. The Kier molecular flexibility index (Phi) is 2.90. The number of halogens is 1.